The molecule has 74 valence electrons. The molecule has 4 heteroatoms. The first-order valence-electron chi connectivity index (χ1n) is 4.49. The summed E-state index contributed by atoms with van der Waals surface area (Å²) >= 11 is 7.13. The normalized spacial score (nSPS) is 20.4. The third-order valence-electron chi connectivity index (χ3n) is 2.41. The fourth-order valence-electron chi connectivity index (χ4n) is 1.74. The Morgan fingerprint density at radius 1 is 1.27 bits per heavy atom. The van der Waals surface area contributed by atoms with Crippen LogP contribution < -0.4 is 0 Å². The van der Waals surface area contributed by atoms with Gasteiger partial charge in [0.15, 0.2) is 0 Å². The quantitative estimate of drug-likeness (QED) is 0.669. The molecule has 0 aromatic carbocycles. The highest BCUT2D eigenvalue weighted by molar-refractivity contribution is 9.25. The highest BCUT2D eigenvalue weighted by atomic mass is 79.9. The van der Waals surface area contributed by atoms with Crippen LogP contribution >= 0.6 is 31.9 Å². The van der Waals surface area contributed by atoms with Crippen LogP contribution in [0.4, 0.5) is 5.69 Å². The van der Waals surface area contributed by atoms with Crippen molar-refractivity contribution in [3.05, 3.63) is 42.3 Å². The number of allylic oxidation sites excluding steroid dienone is 4. The van der Waals surface area contributed by atoms with Crippen molar-refractivity contribution in [3.8, 4) is 0 Å². The molecule has 2 nitrogen and oxygen atoms in total. The number of aliphatic imine (C=N–C) groups is 1. The molecule has 0 saturated carbocycles. The van der Waals surface area contributed by atoms with E-state index in [1.807, 2.05) is 18.2 Å². The van der Waals surface area contributed by atoms with Gasteiger partial charge in [-0.1, -0.05) is 37.9 Å². The van der Waals surface area contributed by atoms with Crippen molar-refractivity contribution in [2.24, 2.45) is 4.99 Å². The predicted octanol–water partition coefficient (Wildman–Crippen LogP) is 3.61. The van der Waals surface area contributed by atoms with E-state index in [-0.39, 0.29) is 3.23 Å². The van der Waals surface area contributed by atoms with Crippen LogP contribution in [0.3, 0.4) is 0 Å². The van der Waals surface area contributed by atoms with Gasteiger partial charge < -0.3 is 0 Å². The molecule has 0 bridgehead atoms. The maximum Gasteiger partial charge on any atom is 0.118 e. The number of hydrogen-bond donors (Lipinski definition) is 0. The van der Waals surface area contributed by atoms with E-state index < -0.39 is 0 Å². The summed E-state index contributed by atoms with van der Waals surface area (Å²) in [4.78, 5) is 8.57. The number of fused-ring (bicyclic) bond motifs is 3. The van der Waals surface area contributed by atoms with E-state index in [1.165, 1.54) is 0 Å². The molecule has 1 aliphatic carbocycles. The fourth-order valence-corrected chi connectivity index (χ4v) is 2.46. The van der Waals surface area contributed by atoms with Gasteiger partial charge in [-0.2, -0.15) is 0 Å². The molecule has 1 aliphatic heterocycles. The second kappa shape index (κ2) is 3.12. The molecule has 0 saturated heterocycles. The summed E-state index contributed by atoms with van der Waals surface area (Å²) in [6, 6.07) is 1.99. The van der Waals surface area contributed by atoms with Crippen LogP contribution in [0.5, 0.6) is 0 Å². The van der Waals surface area contributed by atoms with Crippen LogP contribution in [-0.4, -0.2) is 13.9 Å². The second-order valence-corrected chi connectivity index (χ2v) is 7.14. The number of pyridine rings is 1. The third-order valence-corrected chi connectivity index (χ3v) is 3.39. The summed E-state index contributed by atoms with van der Waals surface area (Å²) in [5.41, 5.74) is 4.25. The standard InChI is InChI=1S/C11H6Br2N2/c12-11(13)3-1-9-8(5-11)7-2-4-14-6-10(7)15-9/h1-6H. The molecule has 2 aliphatic rings. The van der Waals surface area contributed by atoms with E-state index >= 15 is 0 Å². The Kier molecular flexibility index (Phi) is 1.97. The second-order valence-electron chi connectivity index (χ2n) is 3.46. The van der Waals surface area contributed by atoms with Crippen LogP contribution in [0, 0.1) is 0 Å². The highest BCUT2D eigenvalue weighted by Gasteiger charge is 2.28. The van der Waals surface area contributed by atoms with Crippen LogP contribution in [-0.2, 0) is 0 Å². The average molecular weight is 326 g/mol. The average Bonchev–Trinajstić information content (AvgIpc) is 2.55. The van der Waals surface area contributed by atoms with Crippen LogP contribution in [0.2, 0.25) is 0 Å². The highest BCUT2D eigenvalue weighted by Crippen LogP contribution is 2.42. The Morgan fingerprint density at radius 2 is 2.13 bits per heavy atom. The maximum atomic E-state index is 4.50. The van der Waals surface area contributed by atoms with Gasteiger partial charge in [0.1, 0.15) is 3.23 Å². The molecular formula is C11H6Br2N2. The van der Waals surface area contributed by atoms with Gasteiger partial charge in [-0.05, 0) is 18.2 Å². The minimum Gasteiger partial charge on any atom is -0.262 e. The number of aromatic nitrogens is 1. The zero-order chi connectivity index (χ0) is 10.5. The van der Waals surface area contributed by atoms with E-state index in [0.717, 1.165) is 22.5 Å². The molecule has 15 heavy (non-hydrogen) atoms. The fraction of sp³-hybridized carbons (Fsp3) is 0.0909. The SMILES string of the molecule is BrC1(Br)C=CC2=Nc3cnccc3C2=C1. The van der Waals surface area contributed by atoms with Gasteiger partial charge in [-0.3, -0.25) is 4.98 Å². The van der Waals surface area contributed by atoms with Crippen LogP contribution in [0.15, 0.2) is 41.7 Å². The summed E-state index contributed by atoms with van der Waals surface area (Å²) in [6.07, 6.45) is 9.73. The first-order valence-corrected chi connectivity index (χ1v) is 6.08. The van der Waals surface area contributed by atoms with Gasteiger partial charge in [0, 0.05) is 17.3 Å². The molecule has 0 spiro atoms. The molecule has 1 aromatic rings. The first-order chi connectivity index (χ1) is 7.16. The van der Waals surface area contributed by atoms with Gasteiger partial charge in [-0.15, -0.1) is 0 Å². The van der Waals surface area contributed by atoms with Crippen molar-refractivity contribution in [2.45, 2.75) is 3.23 Å². The van der Waals surface area contributed by atoms with E-state index in [0.29, 0.717) is 0 Å². The van der Waals surface area contributed by atoms with Crippen molar-refractivity contribution in [2.75, 3.05) is 0 Å². The van der Waals surface area contributed by atoms with Crippen molar-refractivity contribution in [1.82, 2.24) is 4.98 Å². The number of alkyl halides is 2. The van der Waals surface area contributed by atoms with Crippen molar-refractivity contribution in [3.63, 3.8) is 0 Å². The number of rotatable bonds is 0. The molecule has 0 unspecified atom stereocenters. The first kappa shape index (κ1) is 9.48. The summed E-state index contributed by atoms with van der Waals surface area (Å²) < 4.78 is -0.251. The van der Waals surface area contributed by atoms with E-state index in [1.54, 1.807) is 12.4 Å². The van der Waals surface area contributed by atoms with Gasteiger partial charge in [0.2, 0.25) is 0 Å². The molecule has 1 aromatic heterocycles. The molecule has 0 fully saturated rings. The Bertz CT molecular complexity index is 527. The van der Waals surface area contributed by atoms with Gasteiger partial charge in [0.05, 0.1) is 17.6 Å². The lowest BCUT2D eigenvalue weighted by Gasteiger charge is -2.17. The van der Waals surface area contributed by atoms with E-state index in [4.69, 9.17) is 0 Å². The zero-order valence-electron chi connectivity index (χ0n) is 7.61. The Balaban J connectivity index is 2.22. The molecule has 0 N–H and O–H groups in total. The Hall–Kier alpha value is -0.740. The lowest BCUT2D eigenvalue weighted by molar-refractivity contribution is 1.31. The maximum absolute atomic E-state index is 4.50. The van der Waals surface area contributed by atoms with Crippen LogP contribution in [0.1, 0.15) is 5.56 Å². The van der Waals surface area contributed by atoms with E-state index in [2.05, 4.69) is 47.9 Å². The number of nitrogens with zero attached hydrogens (tertiary/aromatic N) is 2. The zero-order valence-corrected chi connectivity index (χ0v) is 10.8. The van der Waals surface area contributed by atoms with Gasteiger partial charge >= 0.3 is 0 Å². The predicted molar refractivity (Wildman–Crippen MR) is 69.0 cm³/mol. The monoisotopic (exact) mass is 324 g/mol. The molecule has 0 radical (unpaired) electrons. The molecule has 3 rings (SSSR count). The lowest BCUT2D eigenvalue weighted by Crippen LogP contribution is -2.11. The summed E-state index contributed by atoms with van der Waals surface area (Å²) in [7, 11) is 0. The summed E-state index contributed by atoms with van der Waals surface area (Å²) in [6.45, 7) is 0. The van der Waals surface area contributed by atoms with Gasteiger partial charge in [-0.25, -0.2) is 4.99 Å². The van der Waals surface area contributed by atoms with Crippen molar-refractivity contribution >= 4 is 48.8 Å². The van der Waals surface area contributed by atoms with Crippen LogP contribution in [0.25, 0.3) is 5.57 Å². The molecule has 0 atom stereocenters. The van der Waals surface area contributed by atoms with E-state index in [9.17, 15) is 0 Å². The Morgan fingerprint density at radius 3 is 3.00 bits per heavy atom. The largest absolute Gasteiger partial charge is 0.262 e. The van der Waals surface area contributed by atoms with Crippen molar-refractivity contribution < 1.29 is 0 Å². The molecule has 2 heterocycles. The topological polar surface area (TPSA) is 25.2 Å². The third kappa shape index (κ3) is 1.52. The minimum absolute atomic E-state index is 0.251. The van der Waals surface area contributed by atoms with Gasteiger partial charge in [0.25, 0.3) is 0 Å². The minimum atomic E-state index is -0.251. The summed E-state index contributed by atoms with van der Waals surface area (Å²) in [5.74, 6) is 0. The van der Waals surface area contributed by atoms with Crippen molar-refractivity contribution in [1.29, 1.82) is 0 Å². The summed E-state index contributed by atoms with van der Waals surface area (Å²) in [5, 5.41) is 0. The Labute approximate surface area is 104 Å². The number of halogens is 2. The lowest BCUT2D eigenvalue weighted by atomic mass is 9.99. The smallest absolute Gasteiger partial charge is 0.118 e. The molecular weight excluding hydrogens is 320 g/mol. The molecule has 0 amide bonds. The number of hydrogen-bond acceptors (Lipinski definition) is 2.